The maximum Gasteiger partial charge on any atom is 0.109 e. The van der Waals surface area contributed by atoms with Gasteiger partial charge in [0.15, 0.2) is 0 Å². The van der Waals surface area contributed by atoms with E-state index in [1.54, 1.807) is 0 Å². The third kappa shape index (κ3) is 2.36. The molecule has 0 radical (unpaired) electrons. The van der Waals surface area contributed by atoms with Gasteiger partial charge in [0.05, 0.1) is 6.26 Å². The summed E-state index contributed by atoms with van der Waals surface area (Å²) in [6.07, 6.45) is 5.67. The molecule has 0 fully saturated rings. The molecule has 0 amide bonds. The molecular formula is C12H20O. The van der Waals surface area contributed by atoms with E-state index in [-0.39, 0.29) is 0 Å². The molecule has 0 aliphatic rings. The fourth-order valence-corrected chi connectivity index (χ4v) is 1.65. The Morgan fingerprint density at radius 3 is 2.54 bits per heavy atom. The molecule has 74 valence electrons. The summed E-state index contributed by atoms with van der Waals surface area (Å²) in [7, 11) is 0. The van der Waals surface area contributed by atoms with E-state index in [1.165, 1.54) is 36.1 Å². The molecule has 13 heavy (non-hydrogen) atoms. The van der Waals surface area contributed by atoms with Gasteiger partial charge in [-0.3, -0.25) is 0 Å². The van der Waals surface area contributed by atoms with Gasteiger partial charge < -0.3 is 4.42 Å². The highest BCUT2D eigenvalue weighted by molar-refractivity contribution is 5.27. The highest BCUT2D eigenvalue weighted by atomic mass is 16.3. The standard InChI is InChI=1S/C12H20O/c1-5-6-7-9(2)12-11(4)10(3)8-13-12/h8-9H,5-7H2,1-4H3. The van der Waals surface area contributed by atoms with Crippen molar-refractivity contribution >= 4 is 0 Å². The van der Waals surface area contributed by atoms with Gasteiger partial charge in [-0.05, 0) is 31.4 Å². The number of furan rings is 1. The van der Waals surface area contributed by atoms with E-state index < -0.39 is 0 Å². The molecule has 1 heterocycles. The molecule has 0 N–H and O–H groups in total. The van der Waals surface area contributed by atoms with Gasteiger partial charge in [0.25, 0.3) is 0 Å². The summed E-state index contributed by atoms with van der Waals surface area (Å²) in [5.41, 5.74) is 2.61. The maximum absolute atomic E-state index is 5.55. The molecule has 0 aromatic carbocycles. The van der Waals surface area contributed by atoms with Crippen LogP contribution in [0.2, 0.25) is 0 Å². The van der Waals surface area contributed by atoms with E-state index in [9.17, 15) is 0 Å². The molecule has 0 saturated heterocycles. The lowest BCUT2D eigenvalue weighted by molar-refractivity contribution is 0.451. The van der Waals surface area contributed by atoms with Crippen LogP contribution in [0.4, 0.5) is 0 Å². The third-order valence-corrected chi connectivity index (χ3v) is 2.76. The van der Waals surface area contributed by atoms with Crippen molar-refractivity contribution in [3.8, 4) is 0 Å². The highest BCUT2D eigenvalue weighted by Gasteiger charge is 2.13. The van der Waals surface area contributed by atoms with Gasteiger partial charge in [-0.15, -0.1) is 0 Å². The fraction of sp³-hybridized carbons (Fsp3) is 0.667. The number of aryl methyl sites for hydroxylation is 1. The van der Waals surface area contributed by atoms with Gasteiger partial charge in [-0.25, -0.2) is 0 Å². The van der Waals surface area contributed by atoms with Crippen LogP contribution in [-0.2, 0) is 0 Å². The van der Waals surface area contributed by atoms with Crippen molar-refractivity contribution in [2.45, 2.75) is 52.9 Å². The average Bonchev–Trinajstić information content (AvgIpc) is 2.44. The molecule has 1 aromatic heterocycles. The summed E-state index contributed by atoms with van der Waals surface area (Å²) in [5.74, 6) is 1.76. The Kier molecular flexibility index (Phi) is 3.58. The first-order chi connectivity index (χ1) is 6.16. The summed E-state index contributed by atoms with van der Waals surface area (Å²) < 4.78 is 5.55. The Balaban J connectivity index is 2.65. The molecule has 0 aliphatic heterocycles. The Hall–Kier alpha value is -0.720. The lowest BCUT2D eigenvalue weighted by Crippen LogP contribution is -1.93. The second-order valence-electron chi connectivity index (χ2n) is 3.95. The minimum atomic E-state index is 0.577. The highest BCUT2D eigenvalue weighted by Crippen LogP contribution is 2.27. The van der Waals surface area contributed by atoms with Crippen LogP contribution in [0.3, 0.4) is 0 Å². The van der Waals surface area contributed by atoms with Crippen LogP contribution in [0.5, 0.6) is 0 Å². The summed E-state index contributed by atoms with van der Waals surface area (Å²) in [6.45, 7) is 8.74. The lowest BCUT2D eigenvalue weighted by Gasteiger charge is -2.08. The van der Waals surface area contributed by atoms with E-state index in [4.69, 9.17) is 4.42 Å². The number of hydrogen-bond donors (Lipinski definition) is 0. The monoisotopic (exact) mass is 180 g/mol. The van der Waals surface area contributed by atoms with Gasteiger partial charge in [-0.2, -0.15) is 0 Å². The van der Waals surface area contributed by atoms with Gasteiger partial charge in [0.2, 0.25) is 0 Å². The first-order valence-corrected chi connectivity index (χ1v) is 5.21. The zero-order valence-electron chi connectivity index (χ0n) is 9.18. The molecule has 1 aromatic rings. The topological polar surface area (TPSA) is 13.1 Å². The van der Waals surface area contributed by atoms with Crippen LogP contribution >= 0.6 is 0 Å². The smallest absolute Gasteiger partial charge is 0.109 e. The summed E-state index contributed by atoms with van der Waals surface area (Å²) in [4.78, 5) is 0. The number of hydrogen-bond acceptors (Lipinski definition) is 1. The summed E-state index contributed by atoms with van der Waals surface area (Å²) >= 11 is 0. The second-order valence-corrected chi connectivity index (χ2v) is 3.95. The molecule has 0 bridgehead atoms. The van der Waals surface area contributed by atoms with Gasteiger partial charge in [-0.1, -0.05) is 26.7 Å². The van der Waals surface area contributed by atoms with Crippen molar-refractivity contribution in [2.75, 3.05) is 0 Å². The Bertz CT molecular complexity index is 260. The molecule has 0 aliphatic carbocycles. The molecular weight excluding hydrogens is 160 g/mol. The van der Waals surface area contributed by atoms with Crippen molar-refractivity contribution in [3.05, 3.63) is 23.2 Å². The van der Waals surface area contributed by atoms with Gasteiger partial charge in [0, 0.05) is 5.92 Å². The summed E-state index contributed by atoms with van der Waals surface area (Å²) in [5, 5.41) is 0. The zero-order chi connectivity index (χ0) is 9.84. The zero-order valence-corrected chi connectivity index (χ0v) is 9.18. The number of unbranched alkanes of at least 4 members (excludes halogenated alkanes) is 1. The third-order valence-electron chi connectivity index (χ3n) is 2.76. The first kappa shape index (κ1) is 10.4. The Labute approximate surface area is 81.1 Å². The van der Waals surface area contributed by atoms with Gasteiger partial charge >= 0.3 is 0 Å². The quantitative estimate of drug-likeness (QED) is 0.677. The normalized spacial score (nSPS) is 13.2. The van der Waals surface area contributed by atoms with Crippen molar-refractivity contribution < 1.29 is 4.42 Å². The van der Waals surface area contributed by atoms with E-state index in [0.29, 0.717) is 5.92 Å². The van der Waals surface area contributed by atoms with E-state index in [0.717, 1.165) is 0 Å². The van der Waals surface area contributed by atoms with Crippen LogP contribution in [0.25, 0.3) is 0 Å². The molecule has 1 unspecified atom stereocenters. The maximum atomic E-state index is 5.55. The largest absolute Gasteiger partial charge is 0.469 e. The van der Waals surface area contributed by atoms with Crippen LogP contribution in [0.1, 0.15) is 55.9 Å². The minimum absolute atomic E-state index is 0.577. The average molecular weight is 180 g/mol. The molecule has 1 atom stereocenters. The Morgan fingerprint density at radius 1 is 1.38 bits per heavy atom. The lowest BCUT2D eigenvalue weighted by atomic mass is 9.98. The molecule has 1 heteroatoms. The Morgan fingerprint density at radius 2 is 2.08 bits per heavy atom. The fourth-order valence-electron chi connectivity index (χ4n) is 1.65. The van der Waals surface area contributed by atoms with E-state index in [1.807, 2.05) is 6.26 Å². The van der Waals surface area contributed by atoms with Crippen LogP contribution in [0.15, 0.2) is 10.7 Å². The molecule has 1 rings (SSSR count). The SMILES string of the molecule is CCCCC(C)c1occ(C)c1C. The molecule has 1 nitrogen and oxygen atoms in total. The predicted molar refractivity (Wildman–Crippen MR) is 56.1 cm³/mol. The number of rotatable bonds is 4. The molecule has 0 saturated carbocycles. The van der Waals surface area contributed by atoms with Crippen molar-refractivity contribution in [2.24, 2.45) is 0 Å². The van der Waals surface area contributed by atoms with Crippen molar-refractivity contribution in [3.63, 3.8) is 0 Å². The summed E-state index contributed by atoms with van der Waals surface area (Å²) in [6, 6.07) is 0. The van der Waals surface area contributed by atoms with Crippen molar-refractivity contribution in [1.82, 2.24) is 0 Å². The van der Waals surface area contributed by atoms with Crippen LogP contribution < -0.4 is 0 Å². The van der Waals surface area contributed by atoms with E-state index in [2.05, 4.69) is 27.7 Å². The van der Waals surface area contributed by atoms with Crippen LogP contribution in [-0.4, -0.2) is 0 Å². The predicted octanol–water partition coefficient (Wildman–Crippen LogP) is 4.19. The van der Waals surface area contributed by atoms with E-state index >= 15 is 0 Å². The minimum Gasteiger partial charge on any atom is -0.469 e. The van der Waals surface area contributed by atoms with Gasteiger partial charge in [0.1, 0.15) is 5.76 Å². The second kappa shape index (κ2) is 4.50. The van der Waals surface area contributed by atoms with Crippen molar-refractivity contribution in [1.29, 1.82) is 0 Å². The first-order valence-electron chi connectivity index (χ1n) is 5.21. The van der Waals surface area contributed by atoms with Crippen LogP contribution in [0, 0.1) is 13.8 Å². The molecule has 0 spiro atoms.